The average molecular weight is 273 g/mol. The number of ether oxygens (including phenoxy) is 1. The Bertz CT molecular complexity index is 606. The Balaban J connectivity index is 2.38. The lowest BCUT2D eigenvalue weighted by Crippen LogP contribution is -2.07. The molecular weight excluding hydrogens is 258 g/mol. The van der Waals surface area contributed by atoms with Crippen LogP contribution >= 0.6 is 0 Å². The number of rotatable bonds is 5. The molecule has 0 aliphatic rings. The van der Waals surface area contributed by atoms with Crippen LogP contribution in [0.2, 0.25) is 0 Å². The van der Waals surface area contributed by atoms with Crippen LogP contribution in [0.4, 0.5) is 5.82 Å². The fraction of sp³-hybridized carbons (Fsp3) is 0.231. The van der Waals surface area contributed by atoms with Gasteiger partial charge in [-0.15, -0.1) is 5.10 Å². The number of hydrogen-bond acceptors (Lipinski definition) is 5. The van der Waals surface area contributed by atoms with Crippen molar-refractivity contribution in [2.45, 2.75) is 6.92 Å². The number of nitrogens with zero attached hydrogens (tertiary/aromatic N) is 4. The van der Waals surface area contributed by atoms with Gasteiger partial charge in [0.05, 0.1) is 24.8 Å². The SMILES string of the molecule is CCOC(=O)c1cn(-c2cccnc2)nc1NC=NC. The van der Waals surface area contributed by atoms with Crippen molar-refractivity contribution in [3.05, 3.63) is 36.3 Å². The molecular formula is C13H15N5O2. The minimum atomic E-state index is -0.436. The van der Waals surface area contributed by atoms with Crippen LogP contribution in [0.3, 0.4) is 0 Å². The molecule has 0 bridgehead atoms. The Kier molecular flexibility index (Phi) is 4.43. The Morgan fingerprint density at radius 3 is 3.10 bits per heavy atom. The molecule has 2 aromatic heterocycles. The quantitative estimate of drug-likeness (QED) is 0.507. The summed E-state index contributed by atoms with van der Waals surface area (Å²) in [5, 5.41) is 7.14. The Hall–Kier alpha value is -2.70. The highest BCUT2D eigenvalue weighted by Gasteiger charge is 2.17. The molecule has 2 heterocycles. The minimum absolute atomic E-state index is 0.304. The molecule has 0 fully saturated rings. The minimum Gasteiger partial charge on any atom is -0.462 e. The van der Waals surface area contributed by atoms with Crippen molar-refractivity contribution < 1.29 is 9.53 Å². The van der Waals surface area contributed by atoms with E-state index in [2.05, 4.69) is 20.4 Å². The summed E-state index contributed by atoms with van der Waals surface area (Å²) in [7, 11) is 1.62. The van der Waals surface area contributed by atoms with Crippen LogP contribution in [0.25, 0.3) is 5.69 Å². The van der Waals surface area contributed by atoms with Crippen molar-refractivity contribution in [1.82, 2.24) is 14.8 Å². The number of hydrogen-bond donors (Lipinski definition) is 1. The number of aliphatic imine (C=N–C) groups is 1. The summed E-state index contributed by atoms with van der Waals surface area (Å²) >= 11 is 0. The van der Waals surface area contributed by atoms with Gasteiger partial charge in [-0.1, -0.05) is 0 Å². The van der Waals surface area contributed by atoms with Crippen molar-refractivity contribution in [3.8, 4) is 5.69 Å². The molecule has 0 saturated carbocycles. The lowest BCUT2D eigenvalue weighted by molar-refractivity contribution is 0.0527. The second kappa shape index (κ2) is 6.46. The summed E-state index contributed by atoms with van der Waals surface area (Å²) in [6, 6.07) is 3.63. The molecule has 7 nitrogen and oxygen atoms in total. The Morgan fingerprint density at radius 1 is 1.60 bits per heavy atom. The Morgan fingerprint density at radius 2 is 2.45 bits per heavy atom. The first-order valence-corrected chi connectivity index (χ1v) is 6.10. The van der Waals surface area contributed by atoms with Gasteiger partial charge >= 0.3 is 5.97 Å². The number of carbonyl (C=O) groups excluding carboxylic acids is 1. The first-order valence-electron chi connectivity index (χ1n) is 6.10. The third-order valence-corrected chi connectivity index (χ3v) is 2.45. The number of carbonyl (C=O) groups is 1. The van der Waals surface area contributed by atoms with Gasteiger partial charge in [-0.2, -0.15) is 0 Å². The number of aromatic nitrogens is 3. The normalized spacial score (nSPS) is 10.7. The van der Waals surface area contributed by atoms with Gasteiger partial charge in [0.2, 0.25) is 0 Å². The molecule has 0 atom stereocenters. The molecule has 0 amide bonds. The molecule has 0 aliphatic carbocycles. The van der Waals surface area contributed by atoms with Gasteiger partial charge < -0.3 is 10.1 Å². The summed E-state index contributed by atoms with van der Waals surface area (Å²) in [5.74, 6) is -0.0486. The summed E-state index contributed by atoms with van der Waals surface area (Å²) in [5.41, 5.74) is 1.09. The zero-order chi connectivity index (χ0) is 14.4. The largest absolute Gasteiger partial charge is 0.462 e. The maximum Gasteiger partial charge on any atom is 0.343 e. The van der Waals surface area contributed by atoms with Gasteiger partial charge in [-0.3, -0.25) is 9.98 Å². The first-order chi connectivity index (χ1) is 9.76. The third kappa shape index (κ3) is 3.00. The predicted octanol–water partition coefficient (Wildman–Crippen LogP) is 1.51. The van der Waals surface area contributed by atoms with E-state index in [0.717, 1.165) is 5.69 Å². The molecule has 0 aromatic carbocycles. The van der Waals surface area contributed by atoms with Crippen molar-refractivity contribution in [2.24, 2.45) is 4.99 Å². The highest BCUT2D eigenvalue weighted by molar-refractivity contribution is 5.96. The van der Waals surface area contributed by atoms with Crippen LogP contribution in [0.15, 0.2) is 35.7 Å². The Labute approximate surface area is 116 Å². The van der Waals surface area contributed by atoms with Gasteiger partial charge in [0, 0.05) is 19.4 Å². The van der Waals surface area contributed by atoms with E-state index in [1.54, 1.807) is 43.3 Å². The smallest absolute Gasteiger partial charge is 0.343 e. The molecule has 104 valence electrons. The molecule has 20 heavy (non-hydrogen) atoms. The highest BCUT2D eigenvalue weighted by atomic mass is 16.5. The van der Waals surface area contributed by atoms with E-state index in [0.29, 0.717) is 18.0 Å². The van der Waals surface area contributed by atoms with Crippen molar-refractivity contribution >= 4 is 18.1 Å². The number of anilines is 1. The molecule has 2 aromatic rings. The van der Waals surface area contributed by atoms with Crippen molar-refractivity contribution in [2.75, 3.05) is 19.0 Å². The average Bonchev–Trinajstić information content (AvgIpc) is 2.90. The van der Waals surface area contributed by atoms with E-state index < -0.39 is 5.97 Å². The van der Waals surface area contributed by atoms with Gasteiger partial charge in [0.15, 0.2) is 5.82 Å². The molecule has 0 radical (unpaired) electrons. The fourth-order valence-corrected chi connectivity index (χ4v) is 1.59. The second-order valence-electron chi connectivity index (χ2n) is 3.80. The van der Waals surface area contributed by atoms with Crippen LogP contribution in [-0.4, -0.2) is 40.7 Å². The van der Waals surface area contributed by atoms with E-state index in [4.69, 9.17) is 4.74 Å². The van der Waals surface area contributed by atoms with E-state index >= 15 is 0 Å². The second-order valence-corrected chi connectivity index (χ2v) is 3.80. The highest BCUT2D eigenvalue weighted by Crippen LogP contribution is 2.17. The van der Waals surface area contributed by atoms with Crippen LogP contribution in [0.1, 0.15) is 17.3 Å². The number of pyridine rings is 1. The van der Waals surface area contributed by atoms with Crippen LogP contribution in [0, 0.1) is 0 Å². The van der Waals surface area contributed by atoms with Crippen LogP contribution in [-0.2, 0) is 4.74 Å². The molecule has 0 saturated heterocycles. The standard InChI is InChI=1S/C13H15N5O2/c1-3-20-13(19)11-8-18(10-5-4-6-15-7-10)17-12(11)16-9-14-2/h4-9H,3H2,1-2H3,(H,14,16,17). The van der Waals surface area contributed by atoms with E-state index in [9.17, 15) is 4.79 Å². The number of nitrogens with one attached hydrogen (secondary N) is 1. The molecule has 2 rings (SSSR count). The molecule has 0 unspecified atom stereocenters. The van der Waals surface area contributed by atoms with Crippen molar-refractivity contribution in [3.63, 3.8) is 0 Å². The molecule has 7 heteroatoms. The van der Waals surface area contributed by atoms with Gasteiger partial charge in [-0.05, 0) is 19.1 Å². The summed E-state index contributed by atoms with van der Waals surface area (Å²) < 4.78 is 6.57. The monoisotopic (exact) mass is 273 g/mol. The summed E-state index contributed by atoms with van der Waals surface area (Å²) in [4.78, 5) is 19.7. The summed E-state index contributed by atoms with van der Waals surface area (Å²) in [6.45, 7) is 2.06. The zero-order valence-electron chi connectivity index (χ0n) is 11.3. The van der Waals surface area contributed by atoms with Gasteiger partial charge in [0.1, 0.15) is 5.56 Å². The number of esters is 1. The fourth-order valence-electron chi connectivity index (χ4n) is 1.59. The third-order valence-electron chi connectivity index (χ3n) is 2.45. The van der Waals surface area contributed by atoms with E-state index in [1.807, 2.05) is 6.07 Å². The lowest BCUT2D eigenvalue weighted by atomic mass is 10.3. The zero-order valence-corrected chi connectivity index (χ0v) is 11.3. The molecule has 0 spiro atoms. The predicted molar refractivity (Wildman–Crippen MR) is 75.4 cm³/mol. The maximum absolute atomic E-state index is 11.9. The summed E-state index contributed by atoms with van der Waals surface area (Å²) in [6.07, 6.45) is 6.38. The van der Waals surface area contributed by atoms with Crippen LogP contribution < -0.4 is 5.32 Å². The van der Waals surface area contributed by atoms with Gasteiger partial charge in [0.25, 0.3) is 0 Å². The van der Waals surface area contributed by atoms with Crippen LogP contribution in [0.5, 0.6) is 0 Å². The van der Waals surface area contributed by atoms with E-state index in [-0.39, 0.29) is 0 Å². The van der Waals surface area contributed by atoms with Crippen molar-refractivity contribution in [1.29, 1.82) is 0 Å². The molecule has 1 N–H and O–H groups in total. The van der Waals surface area contributed by atoms with Gasteiger partial charge in [-0.25, -0.2) is 9.48 Å². The topological polar surface area (TPSA) is 81.4 Å². The maximum atomic E-state index is 11.9. The van der Waals surface area contributed by atoms with E-state index in [1.165, 1.54) is 6.34 Å². The lowest BCUT2D eigenvalue weighted by Gasteiger charge is -2.00. The molecule has 0 aliphatic heterocycles. The first kappa shape index (κ1) is 13.7.